The molecule has 2 N–H and O–H groups in total. The van der Waals surface area contributed by atoms with E-state index in [-0.39, 0.29) is 11.8 Å². The molecule has 8 heavy (non-hydrogen) atoms. The summed E-state index contributed by atoms with van der Waals surface area (Å²) in [6, 6.07) is 1.63. The van der Waals surface area contributed by atoms with Gasteiger partial charge in [0.15, 0.2) is 6.07 Å². The van der Waals surface area contributed by atoms with Gasteiger partial charge in [-0.25, -0.2) is 0 Å². The molecule has 0 aliphatic heterocycles. The minimum absolute atomic E-state index is 0.0125. The molecule has 0 atom stereocenters. The van der Waals surface area contributed by atoms with Crippen molar-refractivity contribution in [3.8, 4) is 6.07 Å². The Bertz CT molecular complexity index is 221. The molecule has 0 aliphatic rings. The Morgan fingerprint density at radius 2 is 2.50 bits per heavy atom. The third-order valence-corrected chi connectivity index (χ3v) is 0.537. The first kappa shape index (κ1) is 4.59. The Labute approximate surface area is 44.7 Å². The molecule has 1 heterocycles. The minimum atomic E-state index is -0.109. The summed E-state index contributed by atoms with van der Waals surface area (Å²) in [6.45, 7) is 0. The zero-order chi connectivity index (χ0) is 5.98. The van der Waals surface area contributed by atoms with Crippen LogP contribution in [-0.4, -0.2) is 10.1 Å². The number of hydrogen-bond acceptors (Lipinski definition) is 5. The quantitative estimate of drug-likeness (QED) is 0.487. The number of nitrogen functional groups attached to an aromatic ring is 1. The van der Waals surface area contributed by atoms with Gasteiger partial charge in [-0.2, -0.15) is 10.2 Å². The number of rotatable bonds is 0. The largest absolute Gasteiger partial charge is 0.365 e. The molecule has 0 bridgehead atoms. The molecule has 0 saturated carbocycles. The highest BCUT2D eigenvalue weighted by Crippen LogP contribution is 1.92. The summed E-state index contributed by atoms with van der Waals surface area (Å²) in [4.78, 5) is 3.37. The van der Waals surface area contributed by atoms with Crippen molar-refractivity contribution < 1.29 is 4.52 Å². The van der Waals surface area contributed by atoms with E-state index in [9.17, 15) is 0 Å². The van der Waals surface area contributed by atoms with Gasteiger partial charge in [-0.3, -0.25) is 0 Å². The lowest BCUT2D eigenvalue weighted by atomic mass is 10.8. The Morgan fingerprint density at radius 3 is 2.75 bits per heavy atom. The molecule has 5 nitrogen and oxygen atoms in total. The fourth-order valence-electron chi connectivity index (χ4n) is 0.280. The van der Waals surface area contributed by atoms with Crippen LogP contribution in [0.15, 0.2) is 4.52 Å². The van der Waals surface area contributed by atoms with Crippen molar-refractivity contribution in [3.05, 3.63) is 5.89 Å². The third kappa shape index (κ3) is 0.586. The predicted octanol–water partition coefficient (Wildman–Crippen LogP) is -0.477. The lowest BCUT2D eigenvalue weighted by Crippen LogP contribution is -1.84. The lowest BCUT2D eigenvalue weighted by Gasteiger charge is -1.63. The number of nitriles is 1. The second kappa shape index (κ2) is 1.50. The second-order valence-corrected chi connectivity index (χ2v) is 1.07. The third-order valence-electron chi connectivity index (χ3n) is 0.537. The van der Waals surface area contributed by atoms with Crippen LogP contribution in [0.3, 0.4) is 0 Å². The van der Waals surface area contributed by atoms with Gasteiger partial charge in [0.1, 0.15) is 0 Å². The topological polar surface area (TPSA) is 88.7 Å². The van der Waals surface area contributed by atoms with E-state index in [1.54, 1.807) is 6.07 Å². The van der Waals surface area contributed by atoms with E-state index < -0.39 is 0 Å². The van der Waals surface area contributed by atoms with Gasteiger partial charge in [-0.1, -0.05) is 0 Å². The van der Waals surface area contributed by atoms with Crippen molar-refractivity contribution >= 4 is 5.95 Å². The van der Waals surface area contributed by atoms with E-state index in [2.05, 4.69) is 14.7 Å². The van der Waals surface area contributed by atoms with Gasteiger partial charge in [0.05, 0.1) is 0 Å². The monoisotopic (exact) mass is 110 g/mol. The number of hydrogen-bond donors (Lipinski definition) is 1. The Kier molecular flexibility index (Phi) is 0.860. The summed E-state index contributed by atoms with van der Waals surface area (Å²) in [5.74, 6) is -0.121. The van der Waals surface area contributed by atoms with Crippen LogP contribution in [0.25, 0.3) is 0 Å². The van der Waals surface area contributed by atoms with Crippen LogP contribution < -0.4 is 5.73 Å². The summed E-state index contributed by atoms with van der Waals surface area (Å²) in [5, 5.41) is 11.2. The molecule has 0 fully saturated rings. The van der Waals surface area contributed by atoms with Gasteiger partial charge in [0.25, 0.3) is 5.95 Å². The van der Waals surface area contributed by atoms with Gasteiger partial charge in [-0.15, -0.1) is 0 Å². The molecule has 1 rings (SSSR count). The van der Waals surface area contributed by atoms with Crippen LogP contribution in [0.1, 0.15) is 5.89 Å². The van der Waals surface area contributed by atoms with Crippen molar-refractivity contribution in [2.24, 2.45) is 0 Å². The average molecular weight is 110 g/mol. The van der Waals surface area contributed by atoms with Crippen LogP contribution in [-0.2, 0) is 0 Å². The van der Waals surface area contributed by atoms with E-state index in [1.165, 1.54) is 0 Å². The number of nitrogens with two attached hydrogens (primary N) is 1. The first-order valence-corrected chi connectivity index (χ1v) is 1.82. The van der Waals surface area contributed by atoms with Crippen molar-refractivity contribution in [1.29, 1.82) is 5.26 Å². The molecule has 1 aromatic heterocycles. The van der Waals surface area contributed by atoms with Crippen molar-refractivity contribution in [3.63, 3.8) is 0 Å². The molecule has 5 heteroatoms. The predicted molar refractivity (Wildman–Crippen MR) is 23.4 cm³/mol. The van der Waals surface area contributed by atoms with Crippen LogP contribution >= 0.6 is 0 Å². The smallest absolute Gasteiger partial charge is 0.330 e. The maximum atomic E-state index is 8.05. The molecule has 0 spiro atoms. The summed E-state index contributed by atoms with van der Waals surface area (Å²) in [6.07, 6.45) is 0. The van der Waals surface area contributed by atoms with Crippen molar-refractivity contribution in [2.75, 3.05) is 5.73 Å². The molecule has 1 aromatic rings. The first-order chi connectivity index (χ1) is 3.83. The molecule has 0 unspecified atom stereocenters. The van der Waals surface area contributed by atoms with Crippen molar-refractivity contribution in [1.82, 2.24) is 10.1 Å². The Morgan fingerprint density at radius 1 is 1.75 bits per heavy atom. The molecule has 0 amide bonds. The summed E-state index contributed by atoms with van der Waals surface area (Å²) in [7, 11) is 0. The maximum absolute atomic E-state index is 8.05. The molecule has 0 aliphatic carbocycles. The molecular formula is C3H2N4O. The maximum Gasteiger partial charge on any atom is 0.330 e. The Hall–Kier alpha value is -1.57. The zero-order valence-electron chi connectivity index (χ0n) is 3.83. The SMILES string of the molecule is N#Cc1nc(N)no1. The van der Waals surface area contributed by atoms with Gasteiger partial charge in [0, 0.05) is 0 Å². The molecule has 0 saturated heterocycles. The van der Waals surface area contributed by atoms with Gasteiger partial charge < -0.3 is 10.3 Å². The van der Waals surface area contributed by atoms with Gasteiger partial charge in [0.2, 0.25) is 0 Å². The van der Waals surface area contributed by atoms with Crippen molar-refractivity contribution in [2.45, 2.75) is 0 Å². The van der Waals surface area contributed by atoms with Crippen LogP contribution in [0.5, 0.6) is 0 Å². The fourth-order valence-corrected chi connectivity index (χ4v) is 0.280. The van der Waals surface area contributed by atoms with Crippen LogP contribution in [0.2, 0.25) is 0 Å². The average Bonchev–Trinajstić information content (AvgIpc) is 2.14. The highest BCUT2D eigenvalue weighted by atomic mass is 16.5. The zero-order valence-corrected chi connectivity index (χ0v) is 3.83. The Balaban J connectivity index is 3.05. The normalized spacial score (nSPS) is 8.38. The first-order valence-electron chi connectivity index (χ1n) is 1.82. The fraction of sp³-hybridized carbons (Fsp3) is 0. The number of nitrogens with zero attached hydrogens (tertiary/aromatic N) is 3. The highest BCUT2D eigenvalue weighted by molar-refractivity contribution is 5.16. The molecule has 0 radical (unpaired) electrons. The van der Waals surface area contributed by atoms with Crippen LogP contribution in [0.4, 0.5) is 5.95 Å². The summed E-state index contributed by atoms with van der Waals surface area (Å²) < 4.78 is 4.27. The van der Waals surface area contributed by atoms with Gasteiger partial charge in [-0.05, 0) is 5.16 Å². The lowest BCUT2D eigenvalue weighted by molar-refractivity contribution is 0.409. The highest BCUT2D eigenvalue weighted by Gasteiger charge is 1.96. The standard InChI is InChI=1S/C3H2N4O/c4-1-2-6-3(5)7-8-2/h(H2,5,7). The summed E-state index contributed by atoms with van der Waals surface area (Å²) >= 11 is 0. The van der Waals surface area contributed by atoms with E-state index >= 15 is 0 Å². The molecule has 0 aromatic carbocycles. The number of aromatic nitrogens is 2. The summed E-state index contributed by atoms with van der Waals surface area (Å²) in [5.41, 5.74) is 4.99. The van der Waals surface area contributed by atoms with Crippen LogP contribution in [0, 0.1) is 11.3 Å². The second-order valence-electron chi connectivity index (χ2n) is 1.07. The van der Waals surface area contributed by atoms with E-state index in [0.29, 0.717) is 0 Å². The van der Waals surface area contributed by atoms with E-state index in [1.807, 2.05) is 0 Å². The minimum Gasteiger partial charge on any atom is -0.365 e. The number of anilines is 1. The van der Waals surface area contributed by atoms with E-state index in [0.717, 1.165) is 0 Å². The van der Waals surface area contributed by atoms with E-state index in [4.69, 9.17) is 11.0 Å². The van der Waals surface area contributed by atoms with Gasteiger partial charge >= 0.3 is 5.89 Å². The molecule has 40 valence electrons. The molecular weight excluding hydrogens is 108 g/mol.